The molecule has 1 aromatic carbocycles. The number of hydrogen-bond acceptors (Lipinski definition) is 2. The van der Waals surface area contributed by atoms with Crippen LogP contribution in [0.15, 0.2) is 18.2 Å². The van der Waals surface area contributed by atoms with Crippen LogP contribution >= 0.6 is 0 Å². The summed E-state index contributed by atoms with van der Waals surface area (Å²) in [7, 11) is 0. The highest BCUT2D eigenvalue weighted by Crippen LogP contribution is 2.16. The molecule has 0 aliphatic rings. The molecule has 0 aliphatic carbocycles. The van der Waals surface area contributed by atoms with Crippen LogP contribution in [-0.2, 0) is 6.54 Å². The fourth-order valence-electron chi connectivity index (χ4n) is 1.08. The first-order chi connectivity index (χ1) is 6.38. The normalized spacial score (nSPS) is 10.0. The largest absolute Gasteiger partial charge is 0.493 e. The highest BCUT2D eigenvalue weighted by atomic mass is 16.5. The van der Waals surface area contributed by atoms with Crippen LogP contribution in [-0.4, -0.2) is 6.61 Å². The van der Waals surface area contributed by atoms with Crippen molar-refractivity contribution in [2.45, 2.75) is 26.3 Å². The molecule has 0 aliphatic heterocycles. The van der Waals surface area contributed by atoms with Crippen LogP contribution in [0.4, 0.5) is 0 Å². The van der Waals surface area contributed by atoms with Crippen molar-refractivity contribution in [3.05, 3.63) is 29.8 Å². The van der Waals surface area contributed by atoms with Gasteiger partial charge in [0, 0.05) is 12.1 Å². The average molecular weight is 178 g/mol. The zero-order chi connectivity index (χ0) is 9.52. The second-order valence-corrected chi connectivity index (χ2v) is 2.94. The molecule has 0 bridgehead atoms. The lowest BCUT2D eigenvalue weighted by Gasteiger charge is -2.08. The first kappa shape index (κ1) is 10.1. The molecule has 0 aromatic heterocycles. The molecule has 0 fully saturated rings. The fourth-order valence-corrected chi connectivity index (χ4v) is 1.08. The van der Waals surface area contributed by atoms with E-state index in [1.165, 1.54) is 0 Å². The Morgan fingerprint density at radius 1 is 1.54 bits per heavy atom. The maximum atomic E-state index is 5.56. The van der Waals surface area contributed by atoms with E-state index in [9.17, 15) is 0 Å². The molecule has 13 heavy (non-hydrogen) atoms. The lowest BCUT2D eigenvalue weighted by molar-refractivity contribution is 0.306. The lowest BCUT2D eigenvalue weighted by atomic mass is 10.2. The smallest absolute Gasteiger partial charge is 0.124 e. The lowest BCUT2D eigenvalue weighted by Crippen LogP contribution is -2.03. The van der Waals surface area contributed by atoms with E-state index in [1.54, 1.807) is 0 Å². The standard InChI is InChI=1S/C11H16NO/c1-2-3-8-13-11-7-5-4-6-10(11)9-12/h4,6-7H,2-3,8-9,12H2,1H3. The Morgan fingerprint density at radius 2 is 2.38 bits per heavy atom. The van der Waals surface area contributed by atoms with E-state index in [1.807, 2.05) is 18.2 Å². The number of rotatable bonds is 5. The molecule has 0 saturated heterocycles. The van der Waals surface area contributed by atoms with Crippen molar-refractivity contribution < 1.29 is 4.74 Å². The summed E-state index contributed by atoms with van der Waals surface area (Å²) in [6.45, 7) is 3.43. The predicted octanol–water partition coefficient (Wildman–Crippen LogP) is 2.12. The summed E-state index contributed by atoms with van der Waals surface area (Å²) in [4.78, 5) is 0. The van der Waals surface area contributed by atoms with Gasteiger partial charge in [0.25, 0.3) is 0 Å². The number of nitrogens with two attached hydrogens (primary N) is 1. The molecular weight excluding hydrogens is 162 g/mol. The molecule has 0 atom stereocenters. The maximum Gasteiger partial charge on any atom is 0.124 e. The van der Waals surface area contributed by atoms with Gasteiger partial charge in [-0.3, -0.25) is 0 Å². The number of hydrogen-bond donors (Lipinski definition) is 1. The molecule has 0 unspecified atom stereocenters. The Morgan fingerprint density at radius 3 is 3.08 bits per heavy atom. The van der Waals surface area contributed by atoms with Crippen molar-refractivity contribution in [3.63, 3.8) is 0 Å². The van der Waals surface area contributed by atoms with E-state index >= 15 is 0 Å². The minimum atomic E-state index is 0.524. The number of unbranched alkanes of at least 4 members (excludes halogenated alkanes) is 1. The monoisotopic (exact) mass is 178 g/mol. The summed E-state index contributed by atoms with van der Waals surface area (Å²) in [6.07, 6.45) is 2.23. The third kappa shape index (κ3) is 3.07. The molecule has 0 heterocycles. The molecule has 1 aromatic rings. The molecule has 0 amide bonds. The second kappa shape index (κ2) is 5.60. The summed E-state index contributed by atoms with van der Waals surface area (Å²) in [6, 6.07) is 8.63. The molecule has 71 valence electrons. The van der Waals surface area contributed by atoms with Crippen molar-refractivity contribution in [2.75, 3.05) is 6.61 Å². The molecule has 2 heteroatoms. The van der Waals surface area contributed by atoms with Crippen LogP contribution in [0, 0.1) is 6.07 Å². The van der Waals surface area contributed by atoms with Gasteiger partial charge in [0.1, 0.15) is 5.75 Å². The Hall–Kier alpha value is -1.02. The minimum Gasteiger partial charge on any atom is -0.493 e. The van der Waals surface area contributed by atoms with Crippen molar-refractivity contribution in [1.29, 1.82) is 0 Å². The Kier molecular flexibility index (Phi) is 4.33. The van der Waals surface area contributed by atoms with E-state index in [4.69, 9.17) is 10.5 Å². The zero-order valence-corrected chi connectivity index (χ0v) is 8.05. The predicted molar refractivity (Wildman–Crippen MR) is 53.6 cm³/mol. The van der Waals surface area contributed by atoms with E-state index in [2.05, 4.69) is 13.0 Å². The van der Waals surface area contributed by atoms with Gasteiger partial charge in [-0.15, -0.1) is 0 Å². The summed E-state index contributed by atoms with van der Waals surface area (Å²) < 4.78 is 5.56. The van der Waals surface area contributed by atoms with E-state index in [0.29, 0.717) is 6.54 Å². The minimum absolute atomic E-state index is 0.524. The summed E-state index contributed by atoms with van der Waals surface area (Å²) in [5.74, 6) is 0.874. The van der Waals surface area contributed by atoms with Gasteiger partial charge in [-0.2, -0.15) is 0 Å². The van der Waals surface area contributed by atoms with Gasteiger partial charge in [-0.1, -0.05) is 25.5 Å². The first-order valence-electron chi connectivity index (χ1n) is 4.70. The first-order valence-corrected chi connectivity index (χ1v) is 4.70. The summed E-state index contributed by atoms with van der Waals surface area (Å²) in [5, 5.41) is 0. The van der Waals surface area contributed by atoms with Crippen molar-refractivity contribution in [1.82, 2.24) is 0 Å². The molecule has 0 spiro atoms. The van der Waals surface area contributed by atoms with Crippen LogP contribution in [0.5, 0.6) is 5.75 Å². The van der Waals surface area contributed by atoms with Crippen LogP contribution in [0.1, 0.15) is 25.3 Å². The zero-order valence-electron chi connectivity index (χ0n) is 8.05. The highest BCUT2D eigenvalue weighted by Gasteiger charge is 1.99. The second-order valence-electron chi connectivity index (χ2n) is 2.94. The Labute approximate surface area is 79.7 Å². The highest BCUT2D eigenvalue weighted by molar-refractivity contribution is 5.32. The van der Waals surface area contributed by atoms with Gasteiger partial charge < -0.3 is 10.5 Å². The fraction of sp³-hybridized carbons (Fsp3) is 0.455. The molecular formula is C11H16NO. The van der Waals surface area contributed by atoms with Gasteiger partial charge in [0.2, 0.25) is 0 Å². The number of benzene rings is 1. The maximum absolute atomic E-state index is 5.56. The van der Waals surface area contributed by atoms with Gasteiger partial charge >= 0.3 is 0 Å². The quantitative estimate of drug-likeness (QED) is 0.701. The molecule has 2 N–H and O–H groups in total. The van der Waals surface area contributed by atoms with Crippen LogP contribution in [0.25, 0.3) is 0 Å². The molecule has 1 rings (SSSR count). The van der Waals surface area contributed by atoms with Crippen LogP contribution in [0.2, 0.25) is 0 Å². The molecule has 1 radical (unpaired) electrons. The summed E-state index contributed by atoms with van der Waals surface area (Å²) in [5.41, 5.74) is 6.61. The van der Waals surface area contributed by atoms with Gasteiger partial charge in [0.05, 0.1) is 6.61 Å². The topological polar surface area (TPSA) is 35.2 Å². The van der Waals surface area contributed by atoms with Gasteiger partial charge in [-0.25, -0.2) is 0 Å². The van der Waals surface area contributed by atoms with Crippen molar-refractivity contribution in [2.24, 2.45) is 5.73 Å². The third-order valence-electron chi connectivity index (χ3n) is 1.89. The number of ether oxygens (including phenoxy) is 1. The Balaban J connectivity index is 2.54. The average Bonchev–Trinajstić information content (AvgIpc) is 2.19. The van der Waals surface area contributed by atoms with Crippen LogP contribution in [0.3, 0.4) is 0 Å². The summed E-state index contributed by atoms with van der Waals surface area (Å²) >= 11 is 0. The van der Waals surface area contributed by atoms with Crippen molar-refractivity contribution in [3.8, 4) is 5.75 Å². The Bertz CT molecular complexity index is 248. The van der Waals surface area contributed by atoms with E-state index < -0.39 is 0 Å². The van der Waals surface area contributed by atoms with E-state index in [0.717, 1.165) is 30.8 Å². The third-order valence-corrected chi connectivity index (χ3v) is 1.89. The van der Waals surface area contributed by atoms with Gasteiger partial charge in [0.15, 0.2) is 0 Å². The SMILES string of the molecule is CCCCOc1c[c]ccc1CN. The van der Waals surface area contributed by atoms with Gasteiger partial charge in [-0.05, 0) is 18.6 Å². The van der Waals surface area contributed by atoms with Crippen LogP contribution < -0.4 is 10.5 Å². The molecule has 2 nitrogen and oxygen atoms in total. The molecule has 0 saturated carbocycles. The van der Waals surface area contributed by atoms with Crippen molar-refractivity contribution >= 4 is 0 Å². The van der Waals surface area contributed by atoms with E-state index in [-0.39, 0.29) is 0 Å².